The van der Waals surface area contributed by atoms with Crippen molar-refractivity contribution in [3.63, 3.8) is 0 Å². The van der Waals surface area contributed by atoms with Crippen LogP contribution in [0.4, 0.5) is 0 Å². The molecule has 1 aliphatic carbocycles. The van der Waals surface area contributed by atoms with Gasteiger partial charge in [0.05, 0.1) is 0 Å². The number of β-amino-alcohol motifs (C(OH)–C–C–N with tert-alkyl or cyclic N) is 1. The zero-order valence-corrected chi connectivity index (χ0v) is 11.1. The Morgan fingerprint density at radius 1 is 1.06 bits per heavy atom. The summed E-state index contributed by atoms with van der Waals surface area (Å²) in [7, 11) is 0. The Morgan fingerprint density at radius 3 is 2.67 bits per heavy atom. The highest BCUT2D eigenvalue weighted by molar-refractivity contribution is 5.35. The van der Waals surface area contributed by atoms with Gasteiger partial charge in [-0.1, -0.05) is 30.7 Å². The van der Waals surface area contributed by atoms with E-state index in [1.54, 1.807) is 0 Å². The van der Waals surface area contributed by atoms with Crippen molar-refractivity contribution in [1.82, 2.24) is 4.90 Å². The second-order valence-electron chi connectivity index (χ2n) is 5.88. The molecule has 0 aromatic heterocycles. The van der Waals surface area contributed by atoms with E-state index in [1.807, 2.05) is 0 Å². The molecule has 1 saturated heterocycles. The molecule has 2 aliphatic rings. The van der Waals surface area contributed by atoms with Crippen LogP contribution in [0.1, 0.15) is 43.2 Å². The minimum absolute atomic E-state index is 0.605. The van der Waals surface area contributed by atoms with Gasteiger partial charge in [0, 0.05) is 6.54 Å². The molecule has 1 aromatic carbocycles. The lowest BCUT2D eigenvalue weighted by Gasteiger charge is -2.39. The molecular weight excluding hydrogens is 222 g/mol. The molecule has 2 nitrogen and oxygen atoms in total. The van der Waals surface area contributed by atoms with Gasteiger partial charge in [0.25, 0.3) is 0 Å². The Labute approximate surface area is 110 Å². The van der Waals surface area contributed by atoms with Crippen molar-refractivity contribution in [2.45, 2.75) is 44.1 Å². The van der Waals surface area contributed by atoms with E-state index >= 15 is 0 Å². The summed E-state index contributed by atoms with van der Waals surface area (Å²) < 4.78 is 0. The molecule has 1 aromatic rings. The second kappa shape index (κ2) is 5.02. The smallest absolute Gasteiger partial charge is 0.103 e. The van der Waals surface area contributed by atoms with Gasteiger partial charge in [-0.25, -0.2) is 0 Å². The Hall–Kier alpha value is -0.860. The molecule has 1 atom stereocenters. The van der Waals surface area contributed by atoms with Crippen LogP contribution in [-0.4, -0.2) is 29.6 Å². The highest BCUT2D eigenvalue weighted by Crippen LogP contribution is 2.36. The summed E-state index contributed by atoms with van der Waals surface area (Å²) in [5.41, 5.74) is 1.93. The summed E-state index contributed by atoms with van der Waals surface area (Å²) in [6.45, 7) is 3.14. The number of fused-ring (bicyclic) bond motifs is 1. The zero-order chi connectivity index (χ0) is 12.4. The van der Waals surface area contributed by atoms with Gasteiger partial charge >= 0.3 is 0 Å². The topological polar surface area (TPSA) is 23.5 Å². The molecule has 0 spiro atoms. The van der Waals surface area contributed by atoms with Gasteiger partial charge in [-0.05, 0) is 56.3 Å². The van der Waals surface area contributed by atoms with E-state index < -0.39 is 5.60 Å². The Kier molecular flexibility index (Phi) is 3.40. The van der Waals surface area contributed by atoms with Crippen LogP contribution < -0.4 is 0 Å². The molecule has 1 aliphatic heterocycles. The maximum Gasteiger partial charge on any atom is 0.103 e. The van der Waals surface area contributed by atoms with Crippen molar-refractivity contribution in [2.24, 2.45) is 0 Å². The first-order chi connectivity index (χ1) is 8.78. The first-order valence-corrected chi connectivity index (χ1v) is 7.31. The summed E-state index contributed by atoms with van der Waals surface area (Å²) in [5, 5.41) is 11.0. The normalized spacial score (nSPS) is 28.9. The Morgan fingerprint density at radius 2 is 1.83 bits per heavy atom. The largest absolute Gasteiger partial charge is 0.384 e. The molecule has 0 bridgehead atoms. The number of nitrogens with zero attached hydrogens (tertiary/aromatic N) is 1. The van der Waals surface area contributed by atoms with Crippen LogP contribution in [-0.2, 0) is 12.0 Å². The zero-order valence-electron chi connectivity index (χ0n) is 11.1. The summed E-state index contributed by atoms with van der Waals surface area (Å²) in [5.74, 6) is 0. The molecule has 1 fully saturated rings. The van der Waals surface area contributed by atoms with Gasteiger partial charge in [0.1, 0.15) is 5.60 Å². The van der Waals surface area contributed by atoms with Crippen molar-refractivity contribution >= 4 is 0 Å². The number of benzene rings is 1. The van der Waals surface area contributed by atoms with Crippen LogP contribution in [0.2, 0.25) is 0 Å². The number of hydrogen-bond donors (Lipinski definition) is 1. The van der Waals surface area contributed by atoms with E-state index in [9.17, 15) is 5.11 Å². The SMILES string of the molecule is OC1(CN2CCCCC2)CCCc2ccccc21. The van der Waals surface area contributed by atoms with Crippen LogP contribution in [0.3, 0.4) is 0 Å². The van der Waals surface area contributed by atoms with Gasteiger partial charge in [-0.3, -0.25) is 0 Å². The maximum absolute atomic E-state index is 11.0. The van der Waals surface area contributed by atoms with Crippen molar-refractivity contribution in [3.8, 4) is 0 Å². The number of aliphatic hydroxyl groups is 1. The van der Waals surface area contributed by atoms with Gasteiger partial charge in [-0.2, -0.15) is 0 Å². The molecule has 18 heavy (non-hydrogen) atoms. The number of piperidine rings is 1. The highest BCUT2D eigenvalue weighted by Gasteiger charge is 2.35. The summed E-state index contributed by atoms with van der Waals surface area (Å²) in [6, 6.07) is 8.45. The van der Waals surface area contributed by atoms with Crippen molar-refractivity contribution in [3.05, 3.63) is 35.4 Å². The van der Waals surface area contributed by atoms with Gasteiger partial charge in [-0.15, -0.1) is 0 Å². The molecule has 1 unspecified atom stereocenters. The average Bonchev–Trinajstić information content (AvgIpc) is 2.40. The monoisotopic (exact) mass is 245 g/mol. The van der Waals surface area contributed by atoms with Crippen LogP contribution in [0, 0.1) is 0 Å². The van der Waals surface area contributed by atoms with E-state index in [0.717, 1.165) is 38.9 Å². The van der Waals surface area contributed by atoms with E-state index in [4.69, 9.17) is 0 Å². The van der Waals surface area contributed by atoms with Crippen molar-refractivity contribution in [1.29, 1.82) is 0 Å². The quantitative estimate of drug-likeness (QED) is 0.866. The number of likely N-dealkylation sites (tertiary alicyclic amines) is 1. The summed E-state index contributed by atoms with van der Waals surface area (Å²) >= 11 is 0. The lowest BCUT2D eigenvalue weighted by atomic mass is 9.78. The molecule has 2 heteroatoms. The standard InChI is InChI=1S/C16H23NO/c18-16(13-17-11-4-1-5-12-17)10-6-8-14-7-2-3-9-15(14)16/h2-3,7,9,18H,1,4-6,8,10-13H2. The first kappa shape index (κ1) is 12.2. The van der Waals surface area contributed by atoms with Gasteiger partial charge in [0.15, 0.2) is 0 Å². The fraction of sp³-hybridized carbons (Fsp3) is 0.625. The van der Waals surface area contributed by atoms with Crippen molar-refractivity contribution < 1.29 is 5.11 Å². The third kappa shape index (κ3) is 2.32. The van der Waals surface area contributed by atoms with Crippen LogP contribution in [0.15, 0.2) is 24.3 Å². The summed E-state index contributed by atoms with van der Waals surface area (Å²) in [4.78, 5) is 2.45. The molecular formula is C16H23NO. The lowest BCUT2D eigenvalue weighted by molar-refractivity contribution is -0.0197. The summed E-state index contributed by atoms with van der Waals surface area (Å²) in [6.07, 6.45) is 7.08. The van der Waals surface area contributed by atoms with Gasteiger partial charge < -0.3 is 10.0 Å². The van der Waals surface area contributed by atoms with Gasteiger partial charge in [0.2, 0.25) is 0 Å². The number of aryl methyl sites for hydroxylation is 1. The number of hydrogen-bond acceptors (Lipinski definition) is 2. The first-order valence-electron chi connectivity index (χ1n) is 7.31. The van der Waals surface area contributed by atoms with E-state index in [0.29, 0.717) is 0 Å². The third-order valence-corrected chi connectivity index (χ3v) is 4.49. The van der Waals surface area contributed by atoms with E-state index in [2.05, 4.69) is 29.2 Å². The molecule has 98 valence electrons. The second-order valence-corrected chi connectivity index (χ2v) is 5.88. The van der Waals surface area contributed by atoms with Crippen LogP contribution in [0.25, 0.3) is 0 Å². The Bertz CT molecular complexity index is 411. The third-order valence-electron chi connectivity index (χ3n) is 4.49. The maximum atomic E-state index is 11.0. The predicted molar refractivity (Wildman–Crippen MR) is 73.6 cm³/mol. The fourth-order valence-electron chi connectivity index (χ4n) is 3.55. The minimum atomic E-state index is -0.605. The molecule has 0 amide bonds. The minimum Gasteiger partial charge on any atom is -0.384 e. The van der Waals surface area contributed by atoms with Crippen molar-refractivity contribution in [2.75, 3.05) is 19.6 Å². The molecule has 1 N–H and O–H groups in total. The molecule has 1 heterocycles. The lowest BCUT2D eigenvalue weighted by Crippen LogP contribution is -2.44. The Balaban J connectivity index is 1.81. The highest BCUT2D eigenvalue weighted by atomic mass is 16.3. The predicted octanol–water partition coefficient (Wildman–Crippen LogP) is 2.70. The average molecular weight is 245 g/mol. The molecule has 0 saturated carbocycles. The van der Waals surface area contributed by atoms with Crippen LogP contribution >= 0.6 is 0 Å². The number of rotatable bonds is 2. The fourth-order valence-corrected chi connectivity index (χ4v) is 3.55. The van der Waals surface area contributed by atoms with E-state index in [-0.39, 0.29) is 0 Å². The van der Waals surface area contributed by atoms with E-state index in [1.165, 1.54) is 30.4 Å². The molecule has 3 rings (SSSR count). The molecule has 0 radical (unpaired) electrons. The van der Waals surface area contributed by atoms with Crippen LogP contribution in [0.5, 0.6) is 0 Å².